The van der Waals surface area contributed by atoms with Gasteiger partial charge in [0.05, 0.1) is 6.61 Å². The van der Waals surface area contributed by atoms with Gasteiger partial charge in [0, 0.05) is 43.0 Å². The fraction of sp³-hybridized carbons (Fsp3) is 0.417. The van der Waals surface area contributed by atoms with E-state index in [2.05, 4.69) is 15.3 Å². The molecule has 1 aromatic carbocycles. The second-order valence-corrected chi connectivity index (χ2v) is 9.32. The average Bonchev–Trinajstić information content (AvgIpc) is 2.72. The number of nitrogens with zero attached hydrogens (tertiary/aromatic N) is 4. The lowest BCUT2D eigenvalue weighted by molar-refractivity contribution is -0.00265. The molecule has 1 saturated heterocycles. The molecular weight excluding hydrogens is 422 g/mol. The third-order valence-corrected chi connectivity index (χ3v) is 5.46. The average molecular weight is 452 g/mol. The Morgan fingerprint density at radius 1 is 1.24 bits per heavy atom. The van der Waals surface area contributed by atoms with Crippen LogP contribution in [0.4, 0.5) is 16.4 Å². The highest BCUT2D eigenvalue weighted by atomic mass is 16.6. The van der Waals surface area contributed by atoms with E-state index in [9.17, 15) is 14.7 Å². The smallest absolute Gasteiger partial charge is 0.410 e. The Labute approximate surface area is 192 Å². The second-order valence-electron chi connectivity index (χ2n) is 9.32. The van der Waals surface area contributed by atoms with Crippen molar-refractivity contribution in [3.8, 4) is 0 Å². The van der Waals surface area contributed by atoms with Crippen LogP contribution >= 0.6 is 0 Å². The maximum Gasteiger partial charge on any atom is 0.410 e. The largest absolute Gasteiger partial charge is 0.444 e. The zero-order valence-electron chi connectivity index (χ0n) is 19.1. The first-order chi connectivity index (χ1) is 15.7. The Kier molecular flexibility index (Phi) is 6.33. The number of pyridine rings is 1. The predicted octanol–water partition coefficient (Wildman–Crippen LogP) is 3.28. The summed E-state index contributed by atoms with van der Waals surface area (Å²) in [5, 5.41) is 13.2. The molecule has 3 aromatic rings. The number of aromatic nitrogens is 3. The van der Waals surface area contributed by atoms with Crippen molar-refractivity contribution in [2.24, 2.45) is 5.92 Å². The second kappa shape index (κ2) is 9.19. The quantitative estimate of drug-likeness (QED) is 0.592. The summed E-state index contributed by atoms with van der Waals surface area (Å²) in [4.78, 5) is 35.4. The van der Waals surface area contributed by atoms with E-state index in [1.165, 1.54) is 6.07 Å². The molecule has 33 heavy (non-hydrogen) atoms. The number of aliphatic hydroxyl groups excluding tert-OH is 1. The van der Waals surface area contributed by atoms with Gasteiger partial charge < -0.3 is 20.1 Å². The summed E-state index contributed by atoms with van der Waals surface area (Å²) in [7, 11) is 0. The van der Waals surface area contributed by atoms with Crippen LogP contribution in [0.2, 0.25) is 0 Å². The van der Waals surface area contributed by atoms with Gasteiger partial charge >= 0.3 is 6.09 Å². The summed E-state index contributed by atoms with van der Waals surface area (Å²) in [5.41, 5.74) is 1.45. The number of fused-ring (bicyclic) bond motifs is 1. The monoisotopic (exact) mass is 451 g/mol. The summed E-state index contributed by atoms with van der Waals surface area (Å²) in [5.74, 6) is 0.678. The molecule has 2 N–H and O–H groups in total. The molecule has 9 nitrogen and oxygen atoms in total. The van der Waals surface area contributed by atoms with Crippen molar-refractivity contribution in [1.82, 2.24) is 19.4 Å². The Morgan fingerprint density at radius 3 is 2.76 bits per heavy atom. The molecule has 1 amide bonds. The highest BCUT2D eigenvalue weighted by Gasteiger charge is 2.33. The summed E-state index contributed by atoms with van der Waals surface area (Å²) in [6.07, 6.45) is 2.14. The minimum Gasteiger partial charge on any atom is -0.444 e. The van der Waals surface area contributed by atoms with Gasteiger partial charge in [-0.25, -0.2) is 9.78 Å². The molecule has 0 bridgehead atoms. The van der Waals surface area contributed by atoms with E-state index < -0.39 is 5.60 Å². The number of likely N-dealkylation sites (tertiary alicyclic amines) is 1. The number of aliphatic hydroxyl groups is 1. The zero-order valence-corrected chi connectivity index (χ0v) is 19.1. The van der Waals surface area contributed by atoms with E-state index in [-0.39, 0.29) is 18.3 Å². The van der Waals surface area contributed by atoms with Gasteiger partial charge in [-0.15, -0.1) is 0 Å². The van der Waals surface area contributed by atoms with E-state index in [1.54, 1.807) is 21.7 Å². The molecule has 0 spiro atoms. The molecule has 1 aliphatic rings. The molecular formula is C24H29N5O4. The molecule has 174 valence electrons. The highest BCUT2D eigenvalue weighted by molar-refractivity contribution is 5.75. The Hall–Kier alpha value is -3.46. The third kappa shape index (κ3) is 5.48. The fourth-order valence-electron chi connectivity index (χ4n) is 3.76. The van der Waals surface area contributed by atoms with E-state index in [0.717, 1.165) is 23.1 Å². The van der Waals surface area contributed by atoms with Crippen molar-refractivity contribution >= 4 is 28.8 Å². The standard InChI is InChI=1S/C24H29N5O4/c1-24(2,3)33-23(32)28-13-17(14-28)9-10-29-20(31)8-7-18-12-25-22(27-21(18)29)26-19-6-4-5-16(11-19)15-30/h4-8,11-12,17,30H,9-10,13-15H2,1-3H3,(H,25,26,27). The van der Waals surface area contributed by atoms with Crippen molar-refractivity contribution < 1.29 is 14.6 Å². The molecule has 3 heterocycles. The van der Waals surface area contributed by atoms with Gasteiger partial charge in [0.25, 0.3) is 5.56 Å². The van der Waals surface area contributed by atoms with Crippen molar-refractivity contribution in [1.29, 1.82) is 0 Å². The number of anilines is 2. The lowest BCUT2D eigenvalue weighted by Crippen LogP contribution is -2.51. The SMILES string of the molecule is CC(C)(C)OC(=O)N1CC(CCn2c(=O)ccc3cnc(Nc4cccc(CO)c4)nc32)C1. The zero-order chi connectivity index (χ0) is 23.6. The topological polar surface area (TPSA) is 110 Å². The summed E-state index contributed by atoms with van der Waals surface area (Å²) >= 11 is 0. The number of carbonyl (C=O) groups excluding carboxylic acids is 1. The van der Waals surface area contributed by atoms with Crippen LogP contribution in [0.15, 0.2) is 47.4 Å². The number of benzene rings is 1. The van der Waals surface area contributed by atoms with Crippen LogP contribution in [0.5, 0.6) is 0 Å². The molecule has 9 heteroatoms. The number of rotatable bonds is 6. The molecule has 0 radical (unpaired) electrons. The maximum atomic E-state index is 12.6. The third-order valence-electron chi connectivity index (χ3n) is 5.46. The van der Waals surface area contributed by atoms with Crippen LogP contribution in [0.3, 0.4) is 0 Å². The van der Waals surface area contributed by atoms with Gasteiger partial charge in [-0.2, -0.15) is 4.98 Å². The van der Waals surface area contributed by atoms with Crippen molar-refractivity contribution in [2.45, 2.75) is 45.9 Å². The molecule has 0 saturated carbocycles. The fourth-order valence-corrected chi connectivity index (χ4v) is 3.76. The number of nitrogens with one attached hydrogen (secondary N) is 1. The van der Waals surface area contributed by atoms with Crippen LogP contribution in [0.25, 0.3) is 11.0 Å². The normalized spacial score (nSPS) is 14.2. The number of ether oxygens (including phenoxy) is 1. The van der Waals surface area contributed by atoms with Gasteiger partial charge in [0.2, 0.25) is 5.95 Å². The van der Waals surface area contributed by atoms with Crippen LogP contribution in [0.1, 0.15) is 32.8 Å². The highest BCUT2D eigenvalue weighted by Crippen LogP contribution is 2.23. The Morgan fingerprint density at radius 2 is 2.03 bits per heavy atom. The van der Waals surface area contributed by atoms with E-state index in [4.69, 9.17) is 4.74 Å². The number of carbonyl (C=O) groups is 1. The lowest BCUT2D eigenvalue weighted by Gasteiger charge is -2.39. The first-order valence-electron chi connectivity index (χ1n) is 11.0. The summed E-state index contributed by atoms with van der Waals surface area (Å²) < 4.78 is 7.06. The maximum absolute atomic E-state index is 12.6. The van der Waals surface area contributed by atoms with Crippen LogP contribution in [0, 0.1) is 5.92 Å². The van der Waals surface area contributed by atoms with Gasteiger partial charge in [-0.05, 0) is 56.9 Å². The van der Waals surface area contributed by atoms with Crippen molar-refractivity contribution in [3.63, 3.8) is 0 Å². The van der Waals surface area contributed by atoms with Crippen molar-refractivity contribution in [3.05, 3.63) is 58.5 Å². The molecule has 1 aliphatic heterocycles. The van der Waals surface area contributed by atoms with Gasteiger partial charge in [0.15, 0.2) is 0 Å². The van der Waals surface area contributed by atoms with Crippen molar-refractivity contribution in [2.75, 3.05) is 18.4 Å². The van der Waals surface area contributed by atoms with Crippen LogP contribution in [-0.4, -0.2) is 49.3 Å². The molecule has 0 unspecified atom stereocenters. The Balaban J connectivity index is 1.45. The van der Waals surface area contributed by atoms with E-state index in [0.29, 0.717) is 37.1 Å². The summed E-state index contributed by atoms with van der Waals surface area (Å²) in [6.45, 7) is 7.24. The molecule has 0 atom stereocenters. The van der Waals surface area contributed by atoms with Gasteiger partial charge in [-0.3, -0.25) is 9.36 Å². The van der Waals surface area contributed by atoms with Crippen LogP contribution < -0.4 is 10.9 Å². The number of hydrogen-bond acceptors (Lipinski definition) is 7. The van der Waals surface area contributed by atoms with Gasteiger partial charge in [-0.1, -0.05) is 12.1 Å². The molecule has 4 rings (SSSR count). The number of hydrogen-bond donors (Lipinski definition) is 2. The minimum absolute atomic E-state index is 0.0554. The first-order valence-corrected chi connectivity index (χ1v) is 11.0. The molecule has 0 aliphatic carbocycles. The predicted molar refractivity (Wildman–Crippen MR) is 125 cm³/mol. The molecule has 1 fully saturated rings. The number of aryl methyl sites for hydroxylation is 1. The van der Waals surface area contributed by atoms with Crippen LogP contribution in [-0.2, 0) is 17.9 Å². The minimum atomic E-state index is -0.511. The van der Waals surface area contributed by atoms with Gasteiger partial charge in [0.1, 0.15) is 11.2 Å². The summed E-state index contributed by atoms with van der Waals surface area (Å²) in [6, 6.07) is 10.6. The Bertz CT molecular complexity index is 1210. The number of amides is 1. The van der Waals surface area contributed by atoms with E-state index in [1.807, 2.05) is 45.0 Å². The lowest BCUT2D eigenvalue weighted by atomic mass is 9.97. The first kappa shape index (κ1) is 22.7. The molecule has 2 aromatic heterocycles. The van der Waals surface area contributed by atoms with E-state index >= 15 is 0 Å².